The van der Waals surface area contributed by atoms with Gasteiger partial charge in [-0.25, -0.2) is 0 Å². The molecule has 1 atom stereocenters. The fourth-order valence-electron chi connectivity index (χ4n) is 1.69. The van der Waals surface area contributed by atoms with Gasteiger partial charge in [0.2, 0.25) is 5.91 Å². The van der Waals surface area contributed by atoms with Crippen molar-refractivity contribution in [1.29, 1.82) is 0 Å². The van der Waals surface area contributed by atoms with Crippen LogP contribution >= 0.6 is 0 Å². The van der Waals surface area contributed by atoms with E-state index >= 15 is 0 Å². The van der Waals surface area contributed by atoms with Crippen LogP contribution < -0.4 is 11.1 Å². The molecule has 0 aliphatic carbocycles. The van der Waals surface area contributed by atoms with E-state index in [1.165, 1.54) is 0 Å². The Balaban J connectivity index is 2.25. The summed E-state index contributed by atoms with van der Waals surface area (Å²) in [5.74, 6) is 2.18. The zero-order chi connectivity index (χ0) is 13.5. The average molecular weight is 248 g/mol. The molecule has 5 heteroatoms. The van der Waals surface area contributed by atoms with E-state index in [0.29, 0.717) is 6.54 Å². The molecular formula is C13H20N4O. The number of hydrogen-bond acceptors (Lipinski definition) is 3. The second-order valence-corrected chi connectivity index (χ2v) is 4.31. The Bertz CT molecular complexity index is 444. The van der Waals surface area contributed by atoms with Gasteiger partial charge in [-0.3, -0.25) is 9.48 Å². The zero-order valence-electron chi connectivity index (χ0n) is 10.9. The maximum atomic E-state index is 11.5. The minimum atomic E-state index is -0.608. The number of nitrogens with zero attached hydrogens (tertiary/aromatic N) is 2. The molecule has 0 aliphatic rings. The van der Waals surface area contributed by atoms with E-state index < -0.39 is 6.04 Å². The third kappa shape index (κ3) is 4.22. The summed E-state index contributed by atoms with van der Waals surface area (Å²) in [7, 11) is 0. The van der Waals surface area contributed by atoms with Crippen LogP contribution in [0.5, 0.6) is 0 Å². The van der Waals surface area contributed by atoms with E-state index in [2.05, 4.69) is 16.3 Å². The van der Waals surface area contributed by atoms with Crippen molar-refractivity contribution in [2.24, 2.45) is 5.73 Å². The largest absolute Gasteiger partial charge is 0.355 e. The van der Waals surface area contributed by atoms with Gasteiger partial charge in [0.15, 0.2) is 0 Å². The Labute approximate surface area is 108 Å². The third-order valence-electron chi connectivity index (χ3n) is 2.62. The van der Waals surface area contributed by atoms with Gasteiger partial charge in [0.25, 0.3) is 0 Å². The molecular weight excluding hydrogens is 228 g/mol. The van der Waals surface area contributed by atoms with Gasteiger partial charge in [0.1, 0.15) is 0 Å². The molecule has 0 radical (unpaired) electrons. The maximum absolute atomic E-state index is 11.5. The minimum Gasteiger partial charge on any atom is -0.355 e. The molecule has 1 amide bonds. The first kappa shape index (κ1) is 14.3. The van der Waals surface area contributed by atoms with Crippen LogP contribution in [0.4, 0.5) is 0 Å². The third-order valence-corrected chi connectivity index (χ3v) is 2.62. The second kappa shape index (κ2) is 6.82. The van der Waals surface area contributed by atoms with E-state index in [1.54, 1.807) is 0 Å². The summed E-state index contributed by atoms with van der Waals surface area (Å²) in [5.41, 5.74) is 7.71. The van der Waals surface area contributed by atoms with Crippen LogP contribution in [0.2, 0.25) is 0 Å². The van der Waals surface area contributed by atoms with Gasteiger partial charge in [0, 0.05) is 25.2 Å². The number of hydrogen-bond donors (Lipinski definition) is 2. The first-order valence-corrected chi connectivity index (χ1v) is 6.02. The first-order valence-electron chi connectivity index (χ1n) is 6.02. The molecule has 98 valence electrons. The lowest BCUT2D eigenvalue weighted by molar-refractivity contribution is -0.122. The van der Waals surface area contributed by atoms with Crippen molar-refractivity contribution >= 4 is 5.91 Å². The summed E-state index contributed by atoms with van der Waals surface area (Å²) in [4.78, 5) is 11.5. The van der Waals surface area contributed by atoms with Gasteiger partial charge >= 0.3 is 0 Å². The molecule has 0 spiro atoms. The van der Waals surface area contributed by atoms with Gasteiger partial charge in [-0.15, -0.1) is 12.3 Å². The Hall–Kier alpha value is -1.80. The van der Waals surface area contributed by atoms with Gasteiger partial charge in [-0.05, 0) is 26.3 Å². The molecule has 18 heavy (non-hydrogen) atoms. The summed E-state index contributed by atoms with van der Waals surface area (Å²) >= 11 is 0. The molecule has 1 rings (SSSR count). The molecule has 0 fully saturated rings. The van der Waals surface area contributed by atoms with Crippen LogP contribution in [0, 0.1) is 26.2 Å². The molecule has 0 saturated carbocycles. The summed E-state index contributed by atoms with van der Waals surface area (Å²) in [5, 5.41) is 7.11. The highest BCUT2D eigenvalue weighted by atomic mass is 16.2. The molecule has 1 aromatic rings. The van der Waals surface area contributed by atoms with Crippen LogP contribution in [0.3, 0.4) is 0 Å². The topological polar surface area (TPSA) is 72.9 Å². The molecule has 0 aliphatic heterocycles. The van der Waals surface area contributed by atoms with Gasteiger partial charge in [-0.2, -0.15) is 5.10 Å². The van der Waals surface area contributed by atoms with Crippen molar-refractivity contribution in [1.82, 2.24) is 15.1 Å². The molecule has 0 aromatic carbocycles. The number of aryl methyl sites for hydroxylation is 3. The number of amides is 1. The van der Waals surface area contributed by atoms with Crippen molar-refractivity contribution in [2.75, 3.05) is 6.54 Å². The number of terminal acetylenes is 1. The number of nitrogens with two attached hydrogens (primary N) is 1. The quantitative estimate of drug-likeness (QED) is 0.564. The second-order valence-electron chi connectivity index (χ2n) is 4.31. The molecule has 1 aromatic heterocycles. The number of rotatable bonds is 6. The first-order chi connectivity index (χ1) is 8.54. The SMILES string of the molecule is C#CCC(N)C(=O)NCCCn1nc(C)cc1C. The zero-order valence-corrected chi connectivity index (χ0v) is 10.9. The number of carbonyl (C=O) groups is 1. The number of nitrogens with one attached hydrogen (secondary N) is 1. The normalized spacial score (nSPS) is 11.9. The highest BCUT2D eigenvalue weighted by Crippen LogP contribution is 2.02. The van der Waals surface area contributed by atoms with Gasteiger partial charge in [-0.1, -0.05) is 0 Å². The van der Waals surface area contributed by atoms with Crippen molar-refractivity contribution in [3.8, 4) is 12.3 Å². The standard InChI is InChI=1S/C13H20N4O/c1-4-6-12(14)13(18)15-7-5-8-17-11(3)9-10(2)16-17/h1,9,12H,5-8,14H2,2-3H3,(H,15,18). The summed E-state index contributed by atoms with van der Waals surface area (Å²) in [6.45, 7) is 5.34. The van der Waals surface area contributed by atoms with Gasteiger partial charge in [0.05, 0.1) is 11.7 Å². The molecule has 1 heterocycles. The summed E-state index contributed by atoms with van der Waals surface area (Å²) in [6.07, 6.45) is 6.18. The lowest BCUT2D eigenvalue weighted by atomic mass is 10.2. The smallest absolute Gasteiger partial charge is 0.237 e. The average Bonchev–Trinajstić information content (AvgIpc) is 2.63. The van der Waals surface area contributed by atoms with Crippen LogP contribution in [0.15, 0.2) is 6.07 Å². The lowest BCUT2D eigenvalue weighted by Crippen LogP contribution is -2.40. The van der Waals surface area contributed by atoms with Gasteiger partial charge < -0.3 is 11.1 Å². The Kier molecular flexibility index (Phi) is 5.40. The van der Waals surface area contributed by atoms with Crippen LogP contribution in [0.25, 0.3) is 0 Å². The van der Waals surface area contributed by atoms with Crippen LogP contribution in [0.1, 0.15) is 24.2 Å². The molecule has 3 N–H and O–H groups in total. The minimum absolute atomic E-state index is 0.193. The molecule has 0 bridgehead atoms. The number of aromatic nitrogens is 2. The Morgan fingerprint density at radius 3 is 2.94 bits per heavy atom. The van der Waals surface area contributed by atoms with E-state index in [9.17, 15) is 4.79 Å². The highest BCUT2D eigenvalue weighted by molar-refractivity contribution is 5.81. The van der Waals surface area contributed by atoms with E-state index in [4.69, 9.17) is 12.2 Å². The van der Waals surface area contributed by atoms with E-state index in [-0.39, 0.29) is 12.3 Å². The molecule has 0 saturated heterocycles. The Morgan fingerprint density at radius 2 is 2.39 bits per heavy atom. The van der Waals surface area contributed by atoms with Crippen molar-refractivity contribution in [3.63, 3.8) is 0 Å². The molecule has 1 unspecified atom stereocenters. The fourth-order valence-corrected chi connectivity index (χ4v) is 1.69. The monoisotopic (exact) mass is 248 g/mol. The van der Waals surface area contributed by atoms with Crippen molar-refractivity contribution in [3.05, 3.63) is 17.5 Å². The lowest BCUT2D eigenvalue weighted by Gasteiger charge is -2.10. The predicted molar refractivity (Wildman–Crippen MR) is 70.8 cm³/mol. The maximum Gasteiger partial charge on any atom is 0.237 e. The summed E-state index contributed by atoms with van der Waals surface area (Å²) in [6, 6.07) is 1.42. The highest BCUT2D eigenvalue weighted by Gasteiger charge is 2.10. The van der Waals surface area contributed by atoms with E-state index in [0.717, 1.165) is 24.4 Å². The Morgan fingerprint density at radius 1 is 1.67 bits per heavy atom. The van der Waals surface area contributed by atoms with Crippen LogP contribution in [-0.2, 0) is 11.3 Å². The van der Waals surface area contributed by atoms with Crippen LogP contribution in [-0.4, -0.2) is 28.3 Å². The summed E-state index contributed by atoms with van der Waals surface area (Å²) < 4.78 is 1.93. The predicted octanol–water partition coefficient (Wildman–Crippen LogP) is 0.357. The van der Waals surface area contributed by atoms with Crippen molar-refractivity contribution in [2.45, 2.75) is 39.3 Å². The van der Waals surface area contributed by atoms with E-state index in [1.807, 2.05) is 24.6 Å². The fraction of sp³-hybridized carbons (Fsp3) is 0.538. The number of carbonyl (C=O) groups excluding carboxylic acids is 1. The molecule has 5 nitrogen and oxygen atoms in total. The van der Waals surface area contributed by atoms with Crippen molar-refractivity contribution < 1.29 is 4.79 Å².